The van der Waals surface area contributed by atoms with E-state index in [-0.39, 0.29) is 18.0 Å². The number of anilines is 2. The highest BCUT2D eigenvalue weighted by atomic mass is 32.1. The van der Waals surface area contributed by atoms with E-state index in [2.05, 4.69) is 26.1 Å². The molecule has 4 N–H and O–H groups in total. The highest BCUT2D eigenvalue weighted by Gasteiger charge is 2.16. The van der Waals surface area contributed by atoms with Gasteiger partial charge in [-0.25, -0.2) is 4.79 Å². The average Bonchev–Trinajstić information content (AvgIpc) is 3.49. The minimum absolute atomic E-state index is 0.0979. The third-order valence-corrected chi connectivity index (χ3v) is 5.42. The van der Waals surface area contributed by atoms with Crippen LogP contribution in [-0.4, -0.2) is 41.4 Å². The van der Waals surface area contributed by atoms with E-state index < -0.39 is 0 Å². The fraction of sp³-hybridized carbons (Fsp3) is 0.250. The molecule has 150 valence electrons. The number of aromatic nitrogens is 2. The summed E-state index contributed by atoms with van der Waals surface area (Å²) in [5.41, 5.74) is 2.36. The summed E-state index contributed by atoms with van der Waals surface area (Å²) >= 11 is 1.57. The average molecular weight is 411 g/mol. The van der Waals surface area contributed by atoms with Gasteiger partial charge in [-0.3, -0.25) is 9.89 Å². The molecule has 3 aromatic rings. The van der Waals surface area contributed by atoms with Gasteiger partial charge in [-0.05, 0) is 54.6 Å². The lowest BCUT2D eigenvalue weighted by Gasteiger charge is -2.12. The Morgan fingerprint density at radius 1 is 1.17 bits per heavy atom. The number of thiophene rings is 1. The van der Waals surface area contributed by atoms with E-state index >= 15 is 0 Å². The Hall–Kier alpha value is -3.17. The summed E-state index contributed by atoms with van der Waals surface area (Å²) in [6, 6.07) is 12.2. The van der Waals surface area contributed by atoms with Crippen molar-refractivity contribution in [1.82, 2.24) is 15.5 Å². The second kappa shape index (κ2) is 8.89. The standard InChI is InChI=1S/C20H21N5O3S/c26-19(17-11-16(24-25-17)18-4-2-10-29-18)22-13-5-7-14(8-6-13)23-20(27)21-12-15-3-1-9-28-15/h2,4-8,10-11,15H,1,3,9,12H2,(H,22,26)(H,24,25)(H2,21,23,27). The van der Waals surface area contributed by atoms with Crippen molar-refractivity contribution >= 4 is 34.6 Å². The van der Waals surface area contributed by atoms with E-state index in [1.807, 2.05) is 17.5 Å². The molecule has 1 atom stereocenters. The van der Waals surface area contributed by atoms with Gasteiger partial charge in [0.05, 0.1) is 16.7 Å². The zero-order valence-corrected chi connectivity index (χ0v) is 16.4. The molecule has 1 unspecified atom stereocenters. The molecule has 0 spiro atoms. The van der Waals surface area contributed by atoms with Gasteiger partial charge in [-0.15, -0.1) is 11.3 Å². The van der Waals surface area contributed by atoms with E-state index in [1.54, 1.807) is 41.7 Å². The molecule has 0 saturated carbocycles. The molecule has 1 aliphatic heterocycles. The van der Waals surface area contributed by atoms with Crippen molar-refractivity contribution in [3.05, 3.63) is 53.5 Å². The van der Waals surface area contributed by atoms with Crippen molar-refractivity contribution < 1.29 is 14.3 Å². The Kier molecular flexibility index (Phi) is 5.87. The number of amides is 3. The lowest BCUT2D eigenvalue weighted by atomic mass is 10.2. The summed E-state index contributed by atoms with van der Waals surface area (Å²) in [5, 5.41) is 17.3. The van der Waals surface area contributed by atoms with Crippen LogP contribution in [0.2, 0.25) is 0 Å². The van der Waals surface area contributed by atoms with Crippen LogP contribution in [0.4, 0.5) is 16.2 Å². The van der Waals surface area contributed by atoms with Crippen molar-refractivity contribution in [2.75, 3.05) is 23.8 Å². The normalized spacial score (nSPS) is 15.8. The highest BCUT2D eigenvalue weighted by molar-refractivity contribution is 7.13. The number of benzene rings is 1. The quantitative estimate of drug-likeness (QED) is 0.496. The van der Waals surface area contributed by atoms with Gasteiger partial charge < -0.3 is 20.7 Å². The number of hydrogen-bond acceptors (Lipinski definition) is 5. The van der Waals surface area contributed by atoms with Crippen molar-refractivity contribution in [3.63, 3.8) is 0 Å². The molecule has 0 radical (unpaired) electrons. The van der Waals surface area contributed by atoms with Gasteiger partial charge in [0, 0.05) is 24.5 Å². The van der Waals surface area contributed by atoms with E-state index in [0.717, 1.165) is 30.0 Å². The van der Waals surface area contributed by atoms with Crippen molar-refractivity contribution in [2.45, 2.75) is 18.9 Å². The first kappa shape index (κ1) is 19.2. The fourth-order valence-corrected chi connectivity index (χ4v) is 3.71. The van der Waals surface area contributed by atoms with Gasteiger partial charge in [0.2, 0.25) is 0 Å². The minimum Gasteiger partial charge on any atom is -0.376 e. The SMILES string of the molecule is O=C(NCC1CCCO1)Nc1ccc(NC(=O)c2cc(-c3cccs3)[nH]n2)cc1. The molecule has 8 nitrogen and oxygen atoms in total. The predicted octanol–water partition coefficient (Wildman–Crippen LogP) is 3.69. The minimum atomic E-state index is -0.306. The van der Waals surface area contributed by atoms with Crippen LogP contribution in [0.1, 0.15) is 23.3 Å². The van der Waals surface area contributed by atoms with Gasteiger partial charge in [-0.1, -0.05) is 6.07 Å². The van der Waals surface area contributed by atoms with Crippen LogP contribution in [0.25, 0.3) is 10.6 Å². The van der Waals surface area contributed by atoms with Crippen LogP contribution < -0.4 is 16.0 Å². The Labute approximate surface area is 171 Å². The van der Waals surface area contributed by atoms with Crippen LogP contribution in [-0.2, 0) is 4.74 Å². The lowest BCUT2D eigenvalue weighted by molar-refractivity contribution is 0.102. The van der Waals surface area contributed by atoms with E-state index in [9.17, 15) is 9.59 Å². The van der Waals surface area contributed by atoms with Crippen LogP contribution in [0, 0.1) is 0 Å². The molecule has 29 heavy (non-hydrogen) atoms. The number of H-pyrrole nitrogens is 1. The monoisotopic (exact) mass is 411 g/mol. The highest BCUT2D eigenvalue weighted by Crippen LogP contribution is 2.23. The van der Waals surface area contributed by atoms with Gasteiger partial charge in [-0.2, -0.15) is 5.10 Å². The Balaban J connectivity index is 1.28. The molecule has 0 bridgehead atoms. The summed E-state index contributed by atoms with van der Waals surface area (Å²) in [7, 11) is 0. The molecule has 1 saturated heterocycles. The molecule has 0 aliphatic carbocycles. The van der Waals surface area contributed by atoms with Crippen LogP contribution in [0.15, 0.2) is 47.8 Å². The summed E-state index contributed by atoms with van der Waals surface area (Å²) in [5.74, 6) is -0.306. The van der Waals surface area contributed by atoms with Crippen LogP contribution in [0.5, 0.6) is 0 Å². The molecule has 1 aliphatic rings. The zero-order valence-electron chi connectivity index (χ0n) is 15.6. The number of nitrogens with one attached hydrogen (secondary N) is 4. The maximum absolute atomic E-state index is 12.4. The summed E-state index contributed by atoms with van der Waals surface area (Å²) in [6.45, 7) is 1.26. The van der Waals surface area contributed by atoms with E-state index in [4.69, 9.17) is 4.74 Å². The van der Waals surface area contributed by atoms with Gasteiger partial charge in [0.15, 0.2) is 5.69 Å². The number of carbonyl (C=O) groups is 2. The van der Waals surface area contributed by atoms with Crippen LogP contribution in [0.3, 0.4) is 0 Å². The number of ether oxygens (including phenoxy) is 1. The topological polar surface area (TPSA) is 108 Å². The number of hydrogen-bond donors (Lipinski definition) is 4. The number of aromatic amines is 1. The van der Waals surface area contributed by atoms with Gasteiger partial charge in [0.25, 0.3) is 5.91 Å². The maximum atomic E-state index is 12.4. The van der Waals surface area contributed by atoms with Gasteiger partial charge >= 0.3 is 6.03 Å². The predicted molar refractivity (Wildman–Crippen MR) is 112 cm³/mol. The number of rotatable bonds is 6. The molecular formula is C20H21N5O3S. The van der Waals surface area contributed by atoms with Crippen molar-refractivity contribution in [2.24, 2.45) is 0 Å². The first-order valence-corrected chi connectivity index (χ1v) is 10.2. The molecular weight excluding hydrogens is 390 g/mol. The van der Waals surface area contributed by atoms with Crippen molar-refractivity contribution in [1.29, 1.82) is 0 Å². The Morgan fingerprint density at radius 2 is 1.97 bits per heavy atom. The summed E-state index contributed by atoms with van der Waals surface area (Å²) in [6.07, 6.45) is 2.11. The molecule has 9 heteroatoms. The second-order valence-corrected chi connectivity index (χ2v) is 7.59. The zero-order chi connectivity index (χ0) is 20.1. The summed E-state index contributed by atoms with van der Waals surface area (Å²) in [4.78, 5) is 25.4. The molecule has 4 rings (SSSR count). The van der Waals surface area contributed by atoms with Crippen LogP contribution >= 0.6 is 11.3 Å². The molecule has 1 aromatic carbocycles. The number of carbonyl (C=O) groups excluding carboxylic acids is 2. The van der Waals surface area contributed by atoms with Gasteiger partial charge in [0.1, 0.15) is 0 Å². The first-order valence-electron chi connectivity index (χ1n) is 9.34. The number of urea groups is 1. The maximum Gasteiger partial charge on any atom is 0.319 e. The largest absolute Gasteiger partial charge is 0.376 e. The fourth-order valence-electron chi connectivity index (χ4n) is 3.02. The second-order valence-electron chi connectivity index (χ2n) is 6.65. The van der Waals surface area contributed by atoms with E-state index in [0.29, 0.717) is 23.6 Å². The number of nitrogens with zero attached hydrogens (tertiary/aromatic N) is 1. The summed E-state index contributed by atoms with van der Waals surface area (Å²) < 4.78 is 5.48. The molecule has 3 heterocycles. The third kappa shape index (κ3) is 5.01. The molecule has 3 amide bonds. The molecule has 1 fully saturated rings. The third-order valence-electron chi connectivity index (χ3n) is 4.51. The van der Waals surface area contributed by atoms with Crippen molar-refractivity contribution in [3.8, 4) is 10.6 Å². The lowest BCUT2D eigenvalue weighted by Crippen LogP contribution is -2.35. The Morgan fingerprint density at radius 3 is 2.66 bits per heavy atom. The van der Waals surface area contributed by atoms with E-state index in [1.165, 1.54) is 0 Å². The molecule has 2 aromatic heterocycles. The smallest absolute Gasteiger partial charge is 0.319 e. The first-order chi connectivity index (χ1) is 14.2. The Bertz CT molecular complexity index is 962.